The van der Waals surface area contributed by atoms with Crippen molar-refractivity contribution in [3.8, 4) is 0 Å². The van der Waals surface area contributed by atoms with Crippen LogP contribution in [-0.4, -0.2) is 39.7 Å². The molecule has 1 aromatic carbocycles. The van der Waals surface area contributed by atoms with Crippen LogP contribution in [0.25, 0.3) is 0 Å². The van der Waals surface area contributed by atoms with Crippen LogP contribution in [0.4, 0.5) is 0 Å². The first-order valence-electron chi connectivity index (χ1n) is 5.80. The smallest absolute Gasteiger partial charge is 0.351 e. The second-order valence-corrected chi connectivity index (χ2v) is 5.37. The van der Waals surface area contributed by atoms with Crippen LogP contribution in [0.2, 0.25) is 0 Å². The summed E-state index contributed by atoms with van der Waals surface area (Å²) in [4.78, 5) is 18.8. The Balaban J connectivity index is 2.18. The van der Waals surface area contributed by atoms with Gasteiger partial charge in [0.05, 0.1) is 12.0 Å². The van der Waals surface area contributed by atoms with Crippen molar-refractivity contribution in [2.45, 2.75) is 6.42 Å². The maximum Gasteiger partial charge on any atom is 0.362 e. The van der Waals surface area contributed by atoms with Crippen LogP contribution in [0, 0.1) is 0 Å². The summed E-state index contributed by atoms with van der Waals surface area (Å²) < 4.78 is 32.3. The third-order valence-electron chi connectivity index (χ3n) is 2.65. The molecule has 20 heavy (non-hydrogen) atoms. The van der Waals surface area contributed by atoms with Gasteiger partial charge in [0.1, 0.15) is 0 Å². The predicted octanol–water partition coefficient (Wildman–Crippen LogP) is 0.897. The van der Waals surface area contributed by atoms with Crippen LogP contribution in [0.5, 0.6) is 0 Å². The molecule has 0 aliphatic rings. The summed E-state index contributed by atoms with van der Waals surface area (Å²) in [6.07, 6.45) is 3.25. The minimum atomic E-state index is -4.62. The molecule has 0 radical (unpaired) electrons. The van der Waals surface area contributed by atoms with Crippen LogP contribution >= 0.6 is 0 Å². The second-order valence-electron chi connectivity index (χ2n) is 4.03. The molecular weight excluding hydrogens is 282 g/mol. The topological polar surface area (TPSA) is 103 Å². The van der Waals surface area contributed by atoms with Crippen LogP contribution < -0.4 is 0 Å². The summed E-state index contributed by atoms with van der Waals surface area (Å²) in [6.45, 7) is -0.183. The number of hydrogen-bond donors (Lipinski definition) is 2. The molecule has 1 aromatic heterocycles. The van der Waals surface area contributed by atoms with Gasteiger partial charge in [-0.1, -0.05) is 18.2 Å². The number of aromatic nitrogens is 2. The van der Waals surface area contributed by atoms with Gasteiger partial charge in [0.2, 0.25) is 0 Å². The average molecular weight is 295 g/mol. The number of carbonyl (C=O) groups excluding carboxylic acids is 1. The molecule has 0 atom stereocenters. The van der Waals surface area contributed by atoms with Crippen LogP contribution in [0.1, 0.15) is 16.1 Å². The summed E-state index contributed by atoms with van der Waals surface area (Å²) in [5, 5.41) is 0. The fourth-order valence-corrected chi connectivity index (χ4v) is 2.33. The molecule has 0 bridgehead atoms. The maximum atomic E-state index is 12.1. The van der Waals surface area contributed by atoms with Crippen molar-refractivity contribution in [3.63, 3.8) is 0 Å². The lowest BCUT2D eigenvalue weighted by atomic mass is 10.2. The number of nitrogens with one attached hydrogen (secondary N) is 1. The first-order chi connectivity index (χ1) is 9.48. The highest BCUT2D eigenvalue weighted by Gasteiger charge is 2.26. The zero-order valence-corrected chi connectivity index (χ0v) is 11.2. The Labute approximate surface area is 116 Å². The molecule has 0 unspecified atom stereocenters. The molecule has 1 amide bonds. The molecule has 0 spiro atoms. The fourth-order valence-electron chi connectivity index (χ4n) is 1.69. The predicted molar refractivity (Wildman–Crippen MR) is 71.3 cm³/mol. The molecular formula is C12H13N3O4S. The zero-order valence-electron chi connectivity index (χ0n) is 10.4. The molecule has 0 aliphatic carbocycles. The van der Waals surface area contributed by atoms with E-state index < -0.39 is 16.2 Å². The number of nitrogens with zero attached hydrogens (tertiary/aromatic N) is 2. The Morgan fingerprint density at radius 2 is 2.00 bits per heavy atom. The molecule has 106 valence electrons. The number of carbonyl (C=O) groups is 1. The number of hydrogen-bond acceptors (Lipinski definition) is 4. The molecule has 8 heteroatoms. The fraction of sp³-hybridized carbons (Fsp3) is 0.167. The highest BCUT2D eigenvalue weighted by molar-refractivity contribution is 7.84. The van der Waals surface area contributed by atoms with Crippen molar-refractivity contribution >= 4 is 16.2 Å². The number of H-pyrrole nitrogens is 1. The van der Waals surface area contributed by atoms with E-state index in [0.29, 0.717) is 10.00 Å². The van der Waals surface area contributed by atoms with Gasteiger partial charge in [-0.2, -0.15) is 8.42 Å². The standard InChI is InChI=1S/C12H13N3O4S/c16-12(10-4-2-1-3-5-10)15(20(17,18)19)7-6-11-8-13-9-14-11/h1-5,8-9H,6-7H2,(H,13,14)(H,17,18,19). The van der Waals surface area contributed by atoms with Crippen LogP contribution in [0.15, 0.2) is 42.9 Å². The highest BCUT2D eigenvalue weighted by atomic mass is 32.2. The number of benzene rings is 1. The van der Waals surface area contributed by atoms with Crippen molar-refractivity contribution in [1.29, 1.82) is 0 Å². The minimum absolute atomic E-state index is 0.183. The van der Waals surface area contributed by atoms with E-state index in [2.05, 4.69) is 9.97 Å². The van der Waals surface area contributed by atoms with E-state index in [0.717, 1.165) is 0 Å². The van der Waals surface area contributed by atoms with E-state index in [1.54, 1.807) is 24.4 Å². The molecule has 2 aromatic rings. The highest BCUT2D eigenvalue weighted by Crippen LogP contribution is 2.09. The van der Waals surface area contributed by atoms with Crippen molar-refractivity contribution in [2.75, 3.05) is 6.54 Å². The Morgan fingerprint density at radius 1 is 1.30 bits per heavy atom. The number of imidazole rings is 1. The van der Waals surface area contributed by atoms with Gasteiger partial charge < -0.3 is 4.98 Å². The van der Waals surface area contributed by atoms with Crippen LogP contribution in [0.3, 0.4) is 0 Å². The van der Waals surface area contributed by atoms with Gasteiger partial charge in [0, 0.05) is 24.7 Å². The number of aromatic amines is 1. The average Bonchev–Trinajstić information content (AvgIpc) is 2.91. The van der Waals surface area contributed by atoms with E-state index >= 15 is 0 Å². The van der Waals surface area contributed by atoms with Gasteiger partial charge in [-0.3, -0.25) is 9.35 Å². The third kappa shape index (κ3) is 3.43. The van der Waals surface area contributed by atoms with E-state index in [1.807, 2.05) is 0 Å². The third-order valence-corrected chi connectivity index (χ3v) is 3.56. The lowest BCUT2D eigenvalue weighted by Crippen LogP contribution is -2.38. The van der Waals surface area contributed by atoms with Crippen molar-refractivity contribution in [1.82, 2.24) is 14.3 Å². The van der Waals surface area contributed by atoms with E-state index in [-0.39, 0.29) is 18.5 Å². The Hall–Kier alpha value is -2.19. The molecule has 0 saturated carbocycles. The lowest BCUT2D eigenvalue weighted by Gasteiger charge is -2.18. The zero-order chi connectivity index (χ0) is 14.6. The summed E-state index contributed by atoms with van der Waals surface area (Å²) in [5.41, 5.74) is 0.784. The molecule has 7 nitrogen and oxygen atoms in total. The molecule has 2 rings (SSSR count). The monoisotopic (exact) mass is 295 g/mol. The number of amides is 1. The van der Waals surface area contributed by atoms with Crippen molar-refractivity contribution in [2.24, 2.45) is 0 Å². The quantitative estimate of drug-likeness (QED) is 0.798. The summed E-state index contributed by atoms with van der Waals surface area (Å²) in [7, 11) is -4.62. The second kappa shape index (κ2) is 5.85. The molecule has 0 saturated heterocycles. The first-order valence-corrected chi connectivity index (χ1v) is 7.20. The summed E-state index contributed by atoms with van der Waals surface area (Å²) in [5.74, 6) is -0.774. The Morgan fingerprint density at radius 3 is 2.55 bits per heavy atom. The van der Waals surface area contributed by atoms with Gasteiger partial charge >= 0.3 is 10.3 Å². The molecule has 0 aliphatic heterocycles. The van der Waals surface area contributed by atoms with E-state index in [9.17, 15) is 17.8 Å². The van der Waals surface area contributed by atoms with Crippen LogP contribution in [-0.2, 0) is 16.7 Å². The maximum absolute atomic E-state index is 12.1. The van der Waals surface area contributed by atoms with Gasteiger partial charge in [0.15, 0.2) is 0 Å². The van der Waals surface area contributed by atoms with Crippen molar-refractivity contribution < 1.29 is 17.8 Å². The van der Waals surface area contributed by atoms with Gasteiger partial charge in [0.25, 0.3) is 5.91 Å². The molecule has 2 N–H and O–H groups in total. The minimum Gasteiger partial charge on any atom is -0.351 e. The van der Waals surface area contributed by atoms with Gasteiger partial charge in [-0.25, -0.2) is 9.29 Å². The Bertz CT molecular complexity index is 668. The van der Waals surface area contributed by atoms with E-state index in [4.69, 9.17) is 0 Å². The summed E-state index contributed by atoms with van der Waals surface area (Å²) in [6, 6.07) is 7.90. The van der Waals surface area contributed by atoms with Gasteiger partial charge in [-0.15, -0.1) is 0 Å². The lowest BCUT2D eigenvalue weighted by molar-refractivity contribution is 0.0853. The first kappa shape index (κ1) is 14.2. The normalized spacial score (nSPS) is 11.2. The van der Waals surface area contributed by atoms with E-state index in [1.165, 1.54) is 18.5 Å². The largest absolute Gasteiger partial charge is 0.362 e. The Kier molecular flexibility index (Phi) is 4.16. The number of rotatable bonds is 5. The summed E-state index contributed by atoms with van der Waals surface area (Å²) >= 11 is 0. The van der Waals surface area contributed by atoms with Gasteiger partial charge in [-0.05, 0) is 12.1 Å². The molecule has 0 fully saturated rings. The van der Waals surface area contributed by atoms with Crippen molar-refractivity contribution in [3.05, 3.63) is 54.1 Å². The SMILES string of the molecule is O=C(c1ccccc1)N(CCc1c[nH]cn1)S(=O)(=O)O. The molecule has 1 heterocycles.